The van der Waals surface area contributed by atoms with Gasteiger partial charge in [-0.2, -0.15) is 0 Å². The lowest BCUT2D eigenvalue weighted by Gasteiger charge is -2.32. The van der Waals surface area contributed by atoms with E-state index < -0.39 is 29.9 Å². The SMILES string of the molecule is C#CCN(CC(=O)O)C(=O)C(C)(CC)CNC(=O)OCC1c2ccccc2-c2ccccc21. The van der Waals surface area contributed by atoms with Gasteiger partial charge in [-0.3, -0.25) is 9.59 Å². The third-order valence-electron chi connectivity index (χ3n) is 6.16. The van der Waals surface area contributed by atoms with Crippen LogP contribution >= 0.6 is 0 Å². The molecule has 1 aliphatic rings. The predicted molar refractivity (Wildman–Crippen MR) is 125 cm³/mol. The van der Waals surface area contributed by atoms with Crippen LogP contribution in [0.4, 0.5) is 4.79 Å². The first-order valence-electron chi connectivity index (χ1n) is 10.8. The number of carbonyl (C=O) groups excluding carboxylic acids is 2. The lowest BCUT2D eigenvalue weighted by atomic mass is 9.85. The van der Waals surface area contributed by atoms with E-state index in [1.165, 1.54) is 0 Å². The van der Waals surface area contributed by atoms with E-state index in [1.54, 1.807) is 13.8 Å². The summed E-state index contributed by atoms with van der Waals surface area (Å²) >= 11 is 0. The summed E-state index contributed by atoms with van der Waals surface area (Å²) in [5.74, 6) is 0.669. The fourth-order valence-corrected chi connectivity index (χ4v) is 4.12. The molecule has 7 heteroatoms. The fourth-order valence-electron chi connectivity index (χ4n) is 4.12. The maximum Gasteiger partial charge on any atom is 0.407 e. The Hall–Kier alpha value is -3.79. The molecule has 0 heterocycles. The number of rotatable bonds is 9. The Morgan fingerprint density at radius 3 is 2.21 bits per heavy atom. The number of terminal acetylenes is 1. The number of ether oxygens (including phenoxy) is 1. The number of carboxylic acid groups (broad SMARTS) is 1. The molecular formula is C26H28N2O5. The number of carboxylic acids is 1. The second kappa shape index (κ2) is 10.2. The van der Waals surface area contributed by atoms with Crippen LogP contribution in [0.2, 0.25) is 0 Å². The Labute approximate surface area is 193 Å². The quantitative estimate of drug-likeness (QED) is 0.573. The zero-order chi connectivity index (χ0) is 24.0. The van der Waals surface area contributed by atoms with Gasteiger partial charge in [-0.05, 0) is 35.6 Å². The molecule has 0 saturated heterocycles. The molecule has 2 aromatic carbocycles. The Kier molecular flexibility index (Phi) is 7.39. The normalized spacial score (nSPS) is 13.7. The van der Waals surface area contributed by atoms with E-state index in [9.17, 15) is 14.4 Å². The topological polar surface area (TPSA) is 95.9 Å². The van der Waals surface area contributed by atoms with Gasteiger partial charge in [0.15, 0.2) is 0 Å². The van der Waals surface area contributed by atoms with Crippen LogP contribution in [-0.4, -0.2) is 54.2 Å². The van der Waals surface area contributed by atoms with E-state index >= 15 is 0 Å². The van der Waals surface area contributed by atoms with Gasteiger partial charge in [-0.1, -0.05) is 61.4 Å². The molecule has 0 fully saturated rings. The first kappa shape index (κ1) is 23.9. The number of alkyl carbamates (subject to hydrolysis) is 1. The molecule has 0 aromatic heterocycles. The third-order valence-corrected chi connectivity index (χ3v) is 6.16. The molecule has 172 valence electrons. The van der Waals surface area contributed by atoms with Gasteiger partial charge in [0.25, 0.3) is 0 Å². The average molecular weight is 449 g/mol. The summed E-state index contributed by atoms with van der Waals surface area (Å²) in [6.07, 6.45) is 5.04. The highest BCUT2D eigenvalue weighted by atomic mass is 16.5. The lowest BCUT2D eigenvalue weighted by molar-refractivity contribution is -0.148. The van der Waals surface area contributed by atoms with Gasteiger partial charge in [-0.25, -0.2) is 4.79 Å². The third kappa shape index (κ3) is 5.17. The molecule has 2 aromatic rings. The van der Waals surface area contributed by atoms with Crippen molar-refractivity contribution in [3.05, 3.63) is 59.7 Å². The number of hydrogen-bond donors (Lipinski definition) is 2. The fraction of sp³-hybridized carbons (Fsp3) is 0.346. The first-order chi connectivity index (χ1) is 15.8. The van der Waals surface area contributed by atoms with Crippen molar-refractivity contribution in [1.82, 2.24) is 10.2 Å². The van der Waals surface area contributed by atoms with E-state index in [0.717, 1.165) is 27.2 Å². The van der Waals surface area contributed by atoms with E-state index in [4.69, 9.17) is 16.3 Å². The Balaban J connectivity index is 1.63. The number of hydrogen-bond acceptors (Lipinski definition) is 4. The monoisotopic (exact) mass is 448 g/mol. The second-order valence-electron chi connectivity index (χ2n) is 8.35. The minimum absolute atomic E-state index is 0.000300. The largest absolute Gasteiger partial charge is 0.480 e. The number of nitrogens with one attached hydrogen (secondary N) is 1. The van der Waals surface area contributed by atoms with Gasteiger partial charge in [-0.15, -0.1) is 6.42 Å². The summed E-state index contributed by atoms with van der Waals surface area (Å²) < 4.78 is 5.53. The smallest absolute Gasteiger partial charge is 0.407 e. The Bertz CT molecular complexity index is 1040. The van der Waals surface area contributed by atoms with Gasteiger partial charge in [0, 0.05) is 12.5 Å². The van der Waals surface area contributed by atoms with E-state index in [1.807, 2.05) is 36.4 Å². The van der Waals surface area contributed by atoms with Gasteiger partial charge in [0.1, 0.15) is 13.2 Å². The van der Waals surface area contributed by atoms with Crippen LogP contribution in [-0.2, 0) is 14.3 Å². The highest BCUT2D eigenvalue weighted by molar-refractivity contribution is 5.86. The maximum absolute atomic E-state index is 13.0. The molecule has 1 aliphatic carbocycles. The van der Waals surface area contributed by atoms with Crippen molar-refractivity contribution in [2.75, 3.05) is 26.2 Å². The van der Waals surface area contributed by atoms with Crippen molar-refractivity contribution in [1.29, 1.82) is 0 Å². The minimum Gasteiger partial charge on any atom is -0.480 e. The summed E-state index contributed by atoms with van der Waals surface area (Å²) in [7, 11) is 0. The van der Waals surface area contributed by atoms with Crippen LogP contribution in [0.15, 0.2) is 48.5 Å². The van der Waals surface area contributed by atoms with Crippen molar-refractivity contribution < 1.29 is 24.2 Å². The standard InChI is InChI=1S/C26H28N2O5/c1-4-14-28(15-23(29)30)24(31)26(3,5-2)17-27-25(32)33-16-22-20-12-8-6-10-18(20)19-11-7-9-13-21(19)22/h1,6-13,22H,5,14-17H2,2-3H3,(H,27,32)(H,29,30). The molecule has 7 nitrogen and oxygen atoms in total. The average Bonchev–Trinajstić information content (AvgIpc) is 3.14. The zero-order valence-corrected chi connectivity index (χ0v) is 18.8. The van der Waals surface area contributed by atoms with Crippen LogP contribution < -0.4 is 5.32 Å². The van der Waals surface area contributed by atoms with Gasteiger partial charge >= 0.3 is 12.1 Å². The van der Waals surface area contributed by atoms with Crippen molar-refractivity contribution in [2.24, 2.45) is 5.41 Å². The van der Waals surface area contributed by atoms with E-state index in [-0.39, 0.29) is 25.6 Å². The molecule has 3 rings (SSSR count). The number of carbonyl (C=O) groups is 3. The van der Waals surface area contributed by atoms with Crippen LogP contribution in [0, 0.1) is 17.8 Å². The first-order valence-corrected chi connectivity index (χ1v) is 10.8. The van der Waals surface area contributed by atoms with Gasteiger partial charge in [0.2, 0.25) is 5.91 Å². The van der Waals surface area contributed by atoms with Crippen molar-refractivity contribution in [3.8, 4) is 23.5 Å². The van der Waals surface area contributed by atoms with Crippen molar-refractivity contribution in [3.63, 3.8) is 0 Å². The number of benzene rings is 2. The summed E-state index contributed by atoms with van der Waals surface area (Å²) in [5, 5.41) is 11.7. The van der Waals surface area contributed by atoms with Crippen LogP contribution in [0.1, 0.15) is 37.3 Å². The number of amides is 2. The molecule has 0 bridgehead atoms. The number of aliphatic carboxylic acids is 1. The molecule has 0 spiro atoms. The van der Waals surface area contributed by atoms with Gasteiger partial charge < -0.3 is 20.1 Å². The van der Waals surface area contributed by atoms with Crippen LogP contribution in [0.5, 0.6) is 0 Å². The molecular weight excluding hydrogens is 420 g/mol. The van der Waals surface area contributed by atoms with Gasteiger partial charge in [0.05, 0.1) is 12.0 Å². The van der Waals surface area contributed by atoms with E-state index in [2.05, 4.69) is 23.4 Å². The number of nitrogens with zero attached hydrogens (tertiary/aromatic N) is 1. The molecule has 2 amide bonds. The summed E-state index contributed by atoms with van der Waals surface area (Å²) in [6, 6.07) is 16.1. The maximum atomic E-state index is 13.0. The zero-order valence-electron chi connectivity index (χ0n) is 18.8. The second-order valence-corrected chi connectivity index (χ2v) is 8.35. The van der Waals surface area contributed by atoms with Crippen molar-refractivity contribution in [2.45, 2.75) is 26.2 Å². The molecule has 1 unspecified atom stereocenters. The molecule has 0 aliphatic heterocycles. The van der Waals surface area contributed by atoms with Crippen molar-refractivity contribution >= 4 is 18.0 Å². The Morgan fingerprint density at radius 1 is 1.12 bits per heavy atom. The van der Waals surface area contributed by atoms with E-state index in [0.29, 0.717) is 6.42 Å². The molecule has 2 N–H and O–H groups in total. The molecule has 1 atom stereocenters. The summed E-state index contributed by atoms with van der Waals surface area (Å²) in [5.41, 5.74) is 3.48. The summed E-state index contributed by atoms with van der Waals surface area (Å²) in [6.45, 7) is 3.02. The Morgan fingerprint density at radius 2 is 1.70 bits per heavy atom. The highest BCUT2D eigenvalue weighted by Gasteiger charge is 2.36. The lowest BCUT2D eigenvalue weighted by Crippen LogP contribution is -2.49. The number of fused-ring (bicyclic) bond motifs is 3. The minimum atomic E-state index is -1.15. The highest BCUT2D eigenvalue weighted by Crippen LogP contribution is 2.44. The molecule has 0 saturated carbocycles. The molecule has 0 radical (unpaired) electrons. The summed E-state index contributed by atoms with van der Waals surface area (Å²) in [4.78, 5) is 37.7. The van der Waals surface area contributed by atoms with Crippen LogP contribution in [0.25, 0.3) is 11.1 Å². The molecule has 33 heavy (non-hydrogen) atoms. The van der Waals surface area contributed by atoms with Crippen LogP contribution in [0.3, 0.4) is 0 Å². The predicted octanol–water partition coefficient (Wildman–Crippen LogP) is 3.49.